The third kappa shape index (κ3) is 1.79. The Morgan fingerprint density at radius 3 is 3.08 bits per heavy atom. The van der Waals surface area contributed by atoms with Crippen LogP contribution < -0.4 is 5.73 Å². The lowest BCUT2D eigenvalue weighted by Crippen LogP contribution is -2.12. The quantitative estimate of drug-likeness (QED) is 0.504. The summed E-state index contributed by atoms with van der Waals surface area (Å²) in [5.41, 5.74) is 5.98. The van der Waals surface area contributed by atoms with Crippen LogP contribution in [0.4, 0.5) is 5.69 Å². The second-order valence-corrected chi connectivity index (χ2v) is 2.35. The van der Waals surface area contributed by atoms with Crippen LogP contribution in [0.5, 0.6) is 0 Å². The van der Waals surface area contributed by atoms with Gasteiger partial charge in [0.05, 0.1) is 11.9 Å². The van der Waals surface area contributed by atoms with E-state index in [1.807, 2.05) is 0 Å². The standard InChI is InChI=1S/C8H9N3O2/c1-3-4-13-8(12)7-6(9)5-10-11(7)2/h1,5H,4,9H2,2H3. The van der Waals surface area contributed by atoms with E-state index in [2.05, 4.69) is 15.8 Å². The minimum absolute atomic E-state index is 0.0660. The summed E-state index contributed by atoms with van der Waals surface area (Å²) in [6.07, 6.45) is 6.31. The van der Waals surface area contributed by atoms with Gasteiger partial charge in [0, 0.05) is 7.05 Å². The van der Waals surface area contributed by atoms with Crippen LogP contribution in [0.2, 0.25) is 0 Å². The number of esters is 1. The van der Waals surface area contributed by atoms with Crippen molar-refractivity contribution in [2.45, 2.75) is 0 Å². The molecule has 1 rings (SSSR count). The van der Waals surface area contributed by atoms with Crippen molar-refractivity contribution in [2.75, 3.05) is 12.3 Å². The zero-order valence-corrected chi connectivity index (χ0v) is 7.15. The zero-order valence-electron chi connectivity index (χ0n) is 7.15. The highest BCUT2D eigenvalue weighted by Gasteiger charge is 2.15. The van der Waals surface area contributed by atoms with Crippen molar-refractivity contribution in [3.8, 4) is 12.3 Å². The maximum absolute atomic E-state index is 11.2. The summed E-state index contributed by atoms with van der Waals surface area (Å²) in [5, 5.41) is 3.78. The Hall–Kier alpha value is -1.96. The highest BCUT2D eigenvalue weighted by atomic mass is 16.5. The molecule has 0 radical (unpaired) electrons. The molecule has 68 valence electrons. The van der Waals surface area contributed by atoms with Crippen LogP contribution in [0, 0.1) is 12.3 Å². The monoisotopic (exact) mass is 179 g/mol. The third-order valence-corrected chi connectivity index (χ3v) is 1.45. The van der Waals surface area contributed by atoms with Crippen molar-refractivity contribution >= 4 is 11.7 Å². The van der Waals surface area contributed by atoms with E-state index in [0.717, 1.165) is 0 Å². The van der Waals surface area contributed by atoms with Crippen molar-refractivity contribution in [3.05, 3.63) is 11.9 Å². The Labute approximate surface area is 75.5 Å². The van der Waals surface area contributed by atoms with Gasteiger partial charge >= 0.3 is 5.97 Å². The smallest absolute Gasteiger partial charge is 0.359 e. The van der Waals surface area contributed by atoms with E-state index in [1.165, 1.54) is 10.9 Å². The number of carbonyl (C=O) groups is 1. The normalized spacial score (nSPS) is 9.23. The van der Waals surface area contributed by atoms with Crippen molar-refractivity contribution in [1.82, 2.24) is 9.78 Å². The average molecular weight is 179 g/mol. The minimum atomic E-state index is -0.560. The van der Waals surface area contributed by atoms with E-state index in [1.54, 1.807) is 7.05 Å². The number of carbonyl (C=O) groups excluding carboxylic acids is 1. The SMILES string of the molecule is C#CCOC(=O)c1c(N)cnn1C. The molecule has 1 aromatic heterocycles. The van der Waals surface area contributed by atoms with Gasteiger partial charge in [0.2, 0.25) is 0 Å². The molecule has 5 heteroatoms. The highest BCUT2D eigenvalue weighted by Crippen LogP contribution is 2.10. The molecule has 13 heavy (non-hydrogen) atoms. The lowest BCUT2D eigenvalue weighted by Gasteiger charge is -2.01. The molecule has 0 bridgehead atoms. The van der Waals surface area contributed by atoms with Gasteiger partial charge in [0.1, 0.15) is 0 Å². The molecule has 5 nitrogen and oxygen atoms in total. The Morgan fingerprint density at radius 2 is 2.62 bits per heavy atom. The summed E-state index contributed by atoms with van der Waals surface area (Å²) < 4.78 is 6.02. The van der Waals surface area contributed by atoms with Gasteiger partial charge < -0.3 is 10.5 Å². The Kier molecular flexibility index (Phi) is 2.55. The number of ether oxygens (including phenoxy) is 1. The number of aryl methyl sites for hydroxylation is 1. The summed E-state index contributed by atoms with van der Waals surface area (Å²) in [5.74, 6) is 1.63. The van der Waals surface area contributed by atoms with Gasteiger partial charge in [-0.1, -0.05) is 5.92 Å². The molecule has 1 aromatic rings. The molecule has 0 aromatic carbocycles. The zero-order chi connectivity index (χ0) is 9.84. The number of rotatable bonds is 2. The van der Waals surface area contributed by atoms with Crippen molar-refractivity contribution in [3.63, 3.8) is 0 Å². The summed E-state index contributed by atoms with van der Waals surface area (Å²) in [4.78, 5) is 11.2. The second-order valence-electron chi connectivity index (χ2n) is 2.35. The van der Waals surface area contributed by atoms with Gasteiger partial charge in [0.25, 0.3) is 0 Å². The van der Waals surface area contributed by atoms with E-state index in [-0.39, 0.29) is 18.0 Å². The first-order valence-electron chi connectivity index (χ1n) is 3.55. The highest BCUT2D eigenvalue weighted by molar-refractivity contribution is 5.93. The minimum Gasteiger partial charge on any atom is -0.448 e. The fourth-order valence-electron chi connectivity index (χ4n) is 0.880. The van der Waals surface area contributed by atoms with Crippen molar-refractivity contribution < 1.29 is 9.53 Å². The van der Waals surface area contributed by atoms with Crippen LogP contribution in [0.15, 0.2) is 6.20 Å². The molecule has 0 amide bonds. The van der Waals surface area contributed by atoms with Crippen LogP contribution in [0.1, 0.15) is 10.5 Å². The first kappa shape index (κ1) is 9.13. The van der Waals surface area contributed by atoms with E-state index in [0.29, 0.717) is 0 Å². The number of aromatic nitrogens is 2. The number of nitrogens with two attached hydrogens (primary N) is 1. The van der Waals surface area contributed by atoms with Crippen molar-refractivity contribution in [1.29, 1.82) is 0 Å². The molecule has 0 unspecified atom stereocenters. The van der Waals surface area contributed by atoms with Gasteiger partial charge in [-0.05, 0) is 0 Å². The summed E-state index contributed by atoms with van der Waals surface area (Å²) in [7, 11) is 1.60. The Morgan fingerprint density at radius 1 is 1.92 bits per heavy atom. The Balaban J connectivity index is 2.83. The van der Waals surface area contributed by atoms with Gasteiger partial charge in [0.15, 0.2) is 12.3 Å². The maximum Gasteiger partial charge on any atom is 0.359 e. The molecule has 0 saturated heterocycles. The van der Waals surface area contributed by atoms with Crippen LogP contribution in [0.25, 0.3) is 0 Å². The molecule has 0 aliphatic rings. The van der Waals surface area contributed by atoms with Crippen LogP contribution in [-0.2, 0) is 11.8 Å². The van der Waals surface area contributed by atoms with E-state index in [4.69, 9.17) is 12.2 Å². The van der Waals surface area contributed by atoms with Gasteiger partial charge in [-0.3, -0.25) is 4.68 Å². The van der Waals surface area contributed by atoms with Gasteiger partial charge in [-0.2, -0.15) is 5.10 Å². The Bertz CT molecular complexity index is 342. The number of nitrogen functional groups attached to an aromatic ring is 1. The largest absolute Gasteiger partial charge is 0.448 e. The molecule has 0 fully saturated rings. The molecule has 0 saturated carbocycles. The molecule has 0 spiro atoms. The molecule has 2 N–H and O–H groups in total. The molecule has 1 heterocycles. The summed E-state index contributed by atoms with van der Waals surface area (Å²) in [6.45, 7) is -0.0660. The van der Waals surface area contributed by atoms with E-state index >= 15 is 0 Å². The number of hydrogen-bond donors (Lipinski definition) is 1. The maximum atomic E-state index is 11.2. The fourth-order valence-corrected chi connectivity index (χ4v) is 0.880. The number of hydrogen-bond acceptors (Lipinski definition) is 4. The van der Waals surface area contributed by atoms with Crippen LogP contribution in [0.3, 0.4) is 0 Å². The molecular weight excluding hydrogens is 170 g/mol. The number of terminal acetylenes is 1. The van der Waals surface area contributed by atoms with Gasteiger partial charge in [-0.25, -0.2) is 4.79 Å². The van der Waals surface area contributed by atoms with Crippen molar-refractivity contribution in [2.24, 2.45) is 7.05 Å². The summed E-state index contributed by atoms with van der Waals surface area (Å²) in [6, 6.07) is 0. The summed E-state index contributed by atoms with van der Waals surface area (Å²) >= 11 is 0. The second kappa shape index (κ2) is 3.63. The number of nitrogens with zero attached hydrogens (tertiary/aromatic N) is 2. The topological polar surface area (TPSA) is 70.1 Å². The molecule has 0 aliphatic heterocycles. The lowest BCUT2D eigenvalue weighted by molar-refractivity contribution is 0.0545. The van der Waals surface area contributed by atoms with Crippen LogP contribution >= 0.6 is 0 Å². The predicted octanol–water partition coefficient (Wildman–Crippen LogP) is -0.208. The lowest BCUT2D eigenvalue weighted by atomic mass is 10.4. The average Bonchev–Trinajstić information content (AvgIpc) is 2.42. The molecule has 0 atom stereocenters. The number of anilines is 1. The van der Waals surface area contributed by atoms with Gasteiger partial charge in [-0.15, -0.1) is 6.42 Å². The molecular formula is C8H9N3O2. The first-order valence-corrected chi connectivity index (χ1v) is 3.55. The molecule has 0 aliphatic carbocycles. The van der Waals surface area contributed by atoms with Crippen LogP contribution in [-0.4, -0.2) is 22.4 Å². The predicted molar refractivity (Wildman–Crippen MR) is 46.7 cm³/mol. The third-order valence-electron chi connectivity index (χ3n) is 1.45. The fraction of sp³-hybridized carbons (Fsp3) is 0.250. The van der Waals surface area contributed by atoms with E-state index < -0.39 is 5.97 Å². The van der Waals surface area contributed by atoms with E-state index in [9.17, 15) is 4.79 Å². The first-order chi connectivity index (χ1) is 6.16.